The number of carbonyl (C=O) groups is 1. The highest BCUT2D eigenvalue weighted by atomic mass is 79.9. The van der Waals surface area contributed by atoms with Crippen LogP contribution in [0.15, 0.2) is 22.7 Å². The van der Waals surface area contributed by atoms with Crippen LogP contribution in [0, 0.1) is 0 Å². The number of carbonyl (C=O) groups excluding carboxylic acids is 1. The van der Waals surface area contributed by atoms with Crippen molar-refractivity contribution in [2.45, 2.75) is 86.7 Å². The minimum Gasteiger partial charge on any atom is -0.492 e. The molecule has 0 aromatic heterocycles. The molecule has 1 rings (SSSR count). The number of unbranched alkanes of at least 4 members (excludes halogenated alkanes) is 3. The highest BCUT2D eigenvalue weighted by Crippen LogP contribution is 2.64. The number of hydrogen-bond donors (Lipinski definition) is 0. The Labute approximate surface area is 245 Å². The van der Waals surface area contributed by atoms with Gasteiger partial charge in [0.1, 0.15) is 5.75 Å². The predicted octanol–water partition coefficient (Wildman–Crippen LogP) is 9.96. The van der Waals surface area contributed by atoms with Crippen molar-refractivity contribution in [1.29, 1.82) is 0 Å². The molecule has 0 radical (unpaired) electrons. The molecule has 0 amide bonds. The van der Waals surface area contributed by atoms with Crippen molar-refractivity contribution in [1.82, 2.24) is 0 Å². The number of esters is 1. The lowest BCUT2D eigenvalue weighted by molar-refractivity contribution is -0.461. The standard InChI is InChI=1S/C23H20BrF17O3/c1-2-3-4-5-9-44-15(42)12-6-7-14(13(24)11-12)43-10-8-16(25,26)17(27,28)18(29,30)19(31,32)20(33,34)21(35,36)22(37,38)23(39,40)41/h6-7,11H,2-5,8-10H2,1H3. The Morgan fingerprint density at radius 3 is 1.59 bits per heavy atom. The van der Waals surface area contributed by atoms with Crippen molar-refractivity contribution >= 4 is 21.9 Å². The molecule has 44 heavy (non-hydrogen) atoms. The molecule has 0 spiro atoms. The fourth-order valence-corrected chi connectivity index (χ4v) is 3.66. The highest BCUT2D eigenvalue weighted by molar-refractivity contribution is 9.10. The van der Waals surface area contributed by atoms with Gasteiger partial charge in [0.05, 0.1) is 29.7 Å². The SMILES string of the molecule is CCCCCCOC(=O)c1ccc(OCCC(F)(F)C(F)(F)C(F)(F)C(F)(F)C(F)(F)C(F)(F)C(F)(F)C(F)(F)F)c(Br)c1. The van der Waals surface area contributed by atoms with Gasteiger partial charge in [-0.05, 0) is 40.5 Å². The number of ether oxygens (including phenoxy) is 2. The van der Waals surface area contributed by atoms with Crippen LogP contribution < -0.4 is 4.74 Å². The Morgan fingerprint density at radius 2 is 1.14 bits per heavy atom. The molecule has 256 valence electrons. The van der Waals surface area contributed by atoms with Crippen LogP contribution in [0.3, 0.4) is 0 Å². The van der Waals surface area contributed by atoms with Gasteiger partial charge in [-0.2, -0.15) is 74.6 Å². The van der Waals surface area contributed by atoms with E-state index < -0.39 is 72.4 Å². The van der Waals surface area contributed by atoms with E-state index in [9.17, 15) is 79.4 Å². The molecule has 0 saturated heterocycles. The summed E-state index contributed by atoms with van der Waals surface area (Å²) in [6, 6.07) is 2.75. The first-order valence-corrected chi connectivity index (χ1v) is 12.7. The summed E-state index contributed by atoms with van der Waals surface area (Å²) in [5.41, 5.74) is -0.160. The fraction of sp³-hybridized carbons (Fsp3) is 0.696. The molecule has 0 unspecified atom stereocenters. The molecule has 0 bridgehead atoms. The molecule has 0 aliphatic heterocycles. The maximum absolute atomic E-state index is 14.0. The molecule has 21 heteroatoms. The van der Waals surface area contributed by atoms with Gasteiger partial charge in [-0.3, -0.25) is 0 Å². The van der Waals surface area contributed by atoms with E-state index in [0.717, 1.165) is 37.5 Å². The van der Waals surface area contributed by atoms with E-state index in [2.05, 4.69) is 20.7 Å². The van der Waals surface area contributed by atoms with Gasteiger partial charge >= 0.3 is 53.6 Å². The fourth-order valence-electron chi connectivity index (χ4n) is 3.16. The minimum absolute atomic E-state index is 0.0238. The van der Waals surface area contributed by atoms with Crippen molar-refractivity contribution in [3.8, 4) is 5.75 Å². The second-order valence-electron chi connectivity index (χ2n) is 9.09. The first kappa shape index (κ1) is 39.8. The van der Waals surface area contributed by atoms with Gasteiger partial charge in [0.25, 0.3) is 0 Å². The third-order valence-electron chi connectivity index (χ3n) is 5.86. The topological polar surface area (TPSA) is 35.5 Å². The van der Waals surface area contributed by atoms with E-state index >= 15 is 0 Å². The van der Waals surface area contributed by atoms with Gasteiger partial charge in [0, 0.05) is 0 Å². The number of alkyl halides is 17. The quantitative estimate of drug-likeness (QED) is 0.0960. The molecular formula is C23H20BrF17O3. The van der Waals surface area contributed by atoms with Crippen LogP contribution in [-0.4, -0.2) is 66.8 Å². The van der Waals surface area contributed by atoms with E-state index in [1.807, 2.05) is 6.92 Å². The summed E-state index contributed by atoms with van der Waals surface area (Å²) in [6.45, 7) is 0.134. The van der Waals surface area contributed by atoms with Crippen LogP contribution in [0.5, 0.6) is 5.75 Å². The van der Waals surface area contributed by atoms with Gasteiger partial charge < -0.3 is 9.47 Å². The zero-order valence-electron chi connectivity index (χ0n) is 21.7. The average Bonchev–Trinajstić information content (AvgIpc) is 2.87. The van der Waals surface area contributed by atoms with Crippen LogP contribution in [-0.2, 0) is 4.74 Å². The molecule has 0 aliphatic rings. The lowest BCUT2D eigenvalue weighted by Gasteiger charge is -2.42. The zero-order valence-corrected chi connectivity index (χ0v) is 23.3. The van der Waals surface area contributed by atoms with Gasteiger partial charge in [0.2, 0.25) is 0 Å². The molecule has 3 nitrogen and oxygen atoms in total. The van der Waals surface area contributed by atoms with Crippen LogP contribution in [0.4, 0.5) is 74.6 Å². The van der Waals surface area contributed by atoms with Crippen molar-refractivity contribution in [3.05, 3.63) is 28.2 Å². The number of benzene rings is 1. The largest absolute Gasteiger partial charge is 0.492 e. The van der Waals surface area contributed by atoms with Gasteiger partial charge in [-0.25, -0.2) is 4.79 Å². The van der Waals surface area contributed by atoms with E-state index in [1.54, 1.807) is 0 Å². The zero-order chi connectivity index (χ0) is 34.8. The third-order valence-corrected chi connectivity index (χ3v) is 6.48. The van der Waals surface area contributed by atoms with Crippen LogP contribution in [0.1, 0.15) is 49.4 Å². The number of rotatable bonds is 16. The van der Waals surface area contributed by atoms with E-state index in [1.165, 1.54) is 0 Å². The molecule has 0 heterocycles. The van der Waals surface area contributed by atoms with Crippen molar-refractivity contribution in [2.24, 2.45) is 0 Å². The summed E-state index contributed by atoms with van der Waals surface area (Å²) in [5, 5.41) is 0. The Morgan fingerprint density at radius 1 is 0.659 bits per heavy atom. The van der Waals surface area contributed by atoms with Crippen LogP contribution in [0.2, 0.25) is 0 Å². The third kappa shape index (κ3) is 7.10. The van der Waals surface area contributed by atoms with Crippen LogP contribution >= 0.6 is 15.9 Å². The lowest BCUT2D eigenvalue weighted by atomic mass is 9.88. The summed E-state index contributed by atoms with van der Waals surface area (Å²) in [6.07, 6.45) is -7.54. The molecule has 0 fully saturated rings. The van der Waals surface area contributed by atoms with Crippen LogP contribution in [0.25, 0.3) is 0 Å². The number of halogens is 18. The maximum Gasteiger partial charge on any atom is 0.460 e. The summed E-state index contributed by atoms with van der Waals surface area (Å²) in [7, 11) is 0. The summed E-state index contributed by atoms with van der Waals surface area (Å²) < 4.78 is 236. The van der Waals surface area contributed by atoms with E-state index in [4.69, 9.17) is 4.74 Å². The van der Waals surface area contributed by atoms with Gasteiger partial charge in [-0.1, -0.05) is 26.2 Å². The normalized spacial score (nSPS) is 14.5. The van der Waals surface area contributed by atoms with Crippen molar-refractivity contribution in [3.63, 3.8) is 0 Å². The second-order valence-corrected chi connectivity index (χ2v) is 9.94. The highest BCUT2D eigenvalue weighted by Gasteiger charge is 2.95. The average molecular weight is 747 g/mol. The predicted molar refractivity (Wildman–Crippen MR) is 119 cm³/mol. The Bertz CT molecular complexity index is 1140. The lowest BCUT2D eigenvalue weighted by Crippen LogP contribution is -2.74. The van der Waals surface area contributed by atoms with Crippen molar-refractivity contribution in [2.75, 3.05) is 13.2 Å². The van der Waals surface area contributed by atoms with E-state index in [0.29, 0.717) is 6.42 Å². The molecule has 1 aromatic rings. The Balaban J connectivity index is 3.13. The molecule has 0 aliphatic carbocycles. The summed E-state index contributed by atoms with van der Waals surface area (Å²) in [5.74, 6) is -58.2. The summed E-state index contributed by atoms with van der Waals surface area (Å²) >= 11 is 2.78. The second kappa shape index (κ2) is 13.3. The Hall–Kier alpha value is -2.22. The molecule has 0 saturated carbocycles. The van der Waals surface area contributed by atoms with E-state index in [-0.39, 0.29) is 16.6 Å². The van der Waals surface area contributed by atoms with Gasteiger partial charge in [0.15, 0.2) is 0 Å². The smallest absolute Gasteiger partial charge is 0.460 e. The molecule has 1 aromatic carbocycles. The summed E-state index contributed by atoms with van der Waals surface area (Å²) in [4.78, 5) is 12.0. The maximum atomic E-state index is 14.0. The molecular weight excluding hydrogens is 727 g/mol. The first-order chi connectivity index (χ1) is 19.6. The molecule has 0 atom stereocenters. The Kier molecular flexibility index (Phi) is 12.0. The molecule has 0 N–H and O–H groups in total. The minimum atomic E-state index is -8.68. The van der Waals surface area contributed by atoms with Gasteiger partial charge in [-0.15, -0.1) is 0 Å². The number of hydrogen-bond acceptors (Lipinski definition) is 3. The monoisotopic (exact) mass is 746 g/mol. The van der Waals surface area contributed by atoms with Crippen molar-refractivity contribution < 1.29 is 88.9 Å². The first-order valence-electron chi connectivity index (χ1n) is 11.9.